The molecule has 1 aliphatic rings. The first-order valence-corrected chi connectivity index (χ1v) is 7.45. The monoisotopic (exact) mass is 277 g/mol. The Morgan fingerprint density at radius 3 is 2.58 bits per heavy atom. The summed E-state index contributed by atoms with van der Waals surface area (Å²) in [6, 6.07) is 9.76. The van der Waals surface area contributed by atoms with Crippen LogP contribution in [-0.2, 0) is 4.79 Å². The van der Waals surface area contributed by atoms with Crippen molar-refractivity contribution in [2.45, 2.75) is 19.3 Å². The number of carbonyl (C=O) groups excluding carboxylic acids is 1. The number of carboxylic acids is 1. The fourth-order valence-corrected chi connectivity index (χ4v) is 2.93. The molecule has 0 aromatic heterocycles. The molecule has 19 heavy (non-hydrogen) atoms. The molecule has 0 atom stereocenters. The van der Waals surface area contributed by atoms with Gasteiger partial charge >= 0.3 is 0 Å². The highest BCUT2D eigenvalue weighted by Gasteiger charge is 2.16. The smallest absolute Gasteiger partial charge is 0.164 e. The highest BCUT2D eigenvalue weighted by molar-refractivity contribution is 8.13. The van der Waals surface area contributed by atoms with Crippen molar-refractivity contribution in [3.8, 4) is 0 Å². The first-order valence-electron chi connectivity index (χ1n) is 6.47. The second kappa shape index (κ2) is 7.19. The van der Waals surface area contributed by atoms with Crippen molar-refractivity contribution in [2.75, 3.05) is 18.8 Å². The molecular formula is C14H17N2O2S-. The number of benzene rings is 1. The summed E-state index contributed by atoms with van der Waals surface area (Å²) in [6.45, 7) is 2.01. The summed E-state index contributed by atoms with van der Waals surface area (Å²) in [5.41, 5.74) is 0.908. The number of amidine groups is 1. The van der Waals surface area contributed by atoms with Crippen molar-refractivity contribution in [1.29, 1.82) is 0 Å². The van der Waals surface area contributed by atoms with Crippen molar-refractivity contribution in [3.63, 3.8) is 0 Å². The Morgan fingerprint density at radius 1 is 1.26 bits per heavy atom. The Labute approximate surface area is 117 Å². The number of carboxylic acid groups (broad SMARTS) is 1. The van der Waals surface area contributed by atoms with Gasteiger partial charge < -0.3 is 14.8 Å². The number of aliphatic imine (C=N–C) groups is 1. The first-order chi connectivity index (χ1) is 9.25. The van der Waals surface area contributed by atoms with Crippen molar-refractivity contribution < 1.29 is 9.90 Å². The molecule has 0 spiro atoms. The van der Waals surface area contributed by atoms with Crippen molar-refractivity contribution in [1.82, 2.24) is 4.90 Å². The van der Waals surface area contributed by atoms with E-state index in [1.165, 1.54) is 24.6 Å². The lowest BCUT2D eigenvalue weighted by atomic mass is 10.3. The van der Waals surface area contributed by atoms with E-state index in [1.807, 2.05) is 30.3 Å². The van der Waals surface area contributed by atoms with Gasteiger partial charge in [0.2, 0.25) is 0 Å². The standard InChI is InChI=1S/C14H18N2O2S/c17-13(18)8-11-19-14(16-9-4-5-10-16)15-12-6-2-1-3-7-12/h1-3,6-7H,4-5,8-11H2,(H,17,18)/p-1. The van der Waals surface area contributed by atoms with E-state index < -0.39 is 5.97 Å². The van der Waals surface area contributed by atoms with E-state index in [0.717, 1.165) is 23.9 Å². The highest BCUT2D eigenvalue weighted by atomic mass is 32.2. The molecule has 0 bridgehead atoms. The fourth-order valence-electron chi connectivity index (χ4n) is 1.94. The van der Waals surface area contributed by atoms with Gasteiger partial charge in [0, 0.05) is 24.8 Å². The normalized spacial score (nSPS) is 15.8. The molecule has 1 saturated heterocycles. The number of rotatable bonds is 4. The summed E-state index contributed by atoms with van der Waals surface area (Å²) in [5, 5.41) is 11.4. The Balaban J connectivity index is 2.05. The molecule has 1 heterocycles. The van der Waals surface area contributed by atoms with Crippen molar-refractivity contribution in [2.24, 2.45) is 4.99 Å². The topological polar surface area (TPSA) is 55.7 Å². The van der Waals surface area contributed by atoms with Gasteiger partial charge in [0.05, 0.1) is 5.69 Å². The van der Waals surface area contributed by atoms with Gasteiger partial charge in [-0.25, -0.2) is 4.99 Å². The maximum atomic E-state index is 10.5. The number of carbonyl (C=O) groups is 1. The molecule has 1 fully saturated rings. The molecule has 102 valence electrons. The molecule has 0 amide bonds. The van der Waals surface area contributed by atoms with E-state index in [4.69, 9.17) is 0 Å². The van der Waals surface area contributed by atoms with E-state index in [1.54, 1.807) is 0 Å². The lowest BCUT2D eigenvalue weighted by Crippen LogP contribution is -2.27. The highest BCUT2D eigenvalue weighted by Crippen LogP contribution is 2.21. The fraction of sp³-hybridized carbons (Fsp3) is 0.429. The maximum absolute atomic E-state index is 10.5. The largest absolute Gasteiger partial charge is 0.550 e. The average molecular weight is 277 g/mol. The quantitative estimate of drug-likeness (QED) is 0.620. The minimum absolute atomic E-state index is 0.0618. The summed E-state index contributed by atoms with van der Waals surface area (Å²) in [4.78, 5) is 17.3. The number of hydrogen-bond donors (Lipinski definition) is 0. The van der Waals surface area contributed by atoms with E-state index in [2.05, 4.69) is 9.89 Å². The molecule has 0 aliphatic carbocycles. The number of nitrogens with zero attached hydrogens (tertiary/aromatic N) is 2. The van der Waals surface area contributed by atoms with Gasteiger partial charge in [-0.1, -0.05) is 30.0 Å². The Bertz CT molecular complexity index is 442. The number of para-hydroxylation sites is 1. The predicted molar refractivity (Wildman–Crippen MR) is 76.4 cm³/mol. The van der Waals surface area contributed by atoms with Crippen LogP contribution in [0.3, 0.4) is 0 Å². The third kappa shape index (κ3) is 4.59. The van der Waals surface area contributed by atoms with Crippen LogP contribution in [-0.4, -0.2) is 34.9 Å². The lowest BCUT2D eigenvalue weighted by Gasteiger charge is -2.19. The predicted octanol–water partition coefficient (Wildman–Crippen LogP) is 1.64. The van der Waals surface area contributed by atoms with Gasteiger partial charge in [-0.05, 0) is 31.4 Å². The molecule has 0 radical (unpaired) electrons. The molecule has 1 aromatic carbocycles. The van der Waals surface area contributed by atoms with Gasteiger partial charge in [-0.3, -0.25) is 0 Å². The average Bonchev–Trinajstić information content (AvgIpc) is 2.92. The number of aliphatic carboxylic acids is 1. The van der Waals surface area contributed by atoms with Gasteiger partial charge in [0.25, 0.3) is 0 Å². The van der Waals surface area contributed by atoms with Crippen LogP contribution in [0.1, 0.15) is 19.3 Å². The van der Waals surface area contributed by atoms with E-state index in [0.29, 0.717) is 5.75 Å². The second-order valence-corrected chi connectivity index (χ2v) is 5.46. The maximum Gasteiger partial charge on any atom is 0.164 e. The molecule has 0 unspecified atom stereocenters. The van der Waals surface area contributed by atoms with Gasteiger partial charge in [-0.15, -0.1) is 0 Å². The SMILES string of the molecule is O=C([O-])CCSC(=Nc1ccccc1)N1CCCC1. The first kappa shape index (κ1) is 13.9. The minimum atomic E-state index is -1.01. The van der Waals surface area contributed by atoms with Gasteiger partial charge in [0.15, 0.2) is 5.17 Å². The van der Waals surface area contributed by atoms with Crippen LogP contribution < -0.4 is 5.11 Å². The molecule has 1 aromatic rings. The molecule has 0 N–H and O–H groups in total. The van der Waals surface area contributed by atoms with E-state index in [9.17, 15) is 9.90 Å². The van der Waals surface area contributed by atoms with Gasteiger partial charge in [-0.2, -0.15) is 0 Å². The van der Waals surface area contributed by atoms with Crippen LogP contribution in [0.5, 0.6) is 0 Å². The summed E-state index contributed by atoms with van der Waals surface area (Å²) < 4.78 is 0. The van der Waals surface area contributed by atoms with Crippen molar-refractivity contribution >= 4 is 28.6 Å². The zero-order valence-corrected chi connectivity index (χ0v) is 11.6. The molecule has 4 nitrogen and oxygen atoms in total. The van der Waals surface area contributed by atoms with Gasteiger partial charge in [0.1, 0.15) is 0 Å². The van der Waals surface area contributed by atoms with Crippen LogP contribution >= 0.6 is 11.8 Å². The summed E-state index contributed by atoms with van der Waals surface area (Å²) in [7, 11) is 0. The molecule has 5 heteroatoms. The molecule has 0 saturated carbocycles. The molecule has 2 rings (SSSR count). The zero-order chi connectivity index (χ0) is 13.5. The summed E-state index contributed by atoms with van der Waals surface area (Å²) in [6.07, 6.45) is 2.41. The minimum Gasteiger partial charge on any atom is -0.550 e. The van der Waals surface area contributed by atoms with E-state index >= 15 is 0 Å². The van der Waals surface area contributed by atoms with Crippen molar-refractivity contribution in [3.05, 3.63) is 30.3 Å². The van der Waals surface area contributed by atoms with Crippen LogP contribution in [0, 0.1) is 0 Å². The van der Waals surface area contributed by atoms with Crippen LogP contribution in [0.2, 0.25) is 0 Å². The number of hydrogen-bond acceptors (Lipinski definition) is 4. The molecule has 1 aliphatic heterocycles. The number of likely N-dealkylation sites (tertiary alicyclic amines) is 1. The lowest BCUT2D eigenvalue weighted by molar-refractivity contribution is -0.305. The Morgan fingerprint density at radius 2 is 1.95 bits per heavy atom. The third-order valence-electron chi connectivity index (χ3n) is 2.89. The third-order valence-corrected chi connectivity index (χ3v) is 3.91. The zero-order valence-electron chi connectivity index (χ0n) is 10.7. The summed E-state index contributed by atoms with van der Waals surface area (Å²) in [5.74, 6) is -0.502. The summed E-state index contributed by atoms with van der Waals surface area (Å²) >= 11 is 1.50. The second-order valence-electron chi connectivity index (χ2n) is 4.39. The molecular weight excluding hydrogens is 260 g/mol. The van der Waals surface area contributed by atoms with Crippen LogP contribution in [0.4, 0.5) is 5.69 Å². The Hall–Kier alpha value is -1.49. The van der Waals surface area contributed by atoms with Crippen LogP contribution in [0.15, 0.2) is 35.3 Å². The number of thioether (sulfide) groups is 1. The van der Waals surface area contributed by atoms with Crippen LogP contribution in [0.25, 0.3) is 0 Å². The van der Waals surface area contributed by atoms with E-state index in [-0.39, 0.29) is 6.42 Å². The Kier molecular flexibility index (Phi) is 5.27.